The van der Waals surface area contributed by atoms with Gasteiger partial charge in [-0.15, -0.1) is 0 Å². The molecule has 104 valence electrons. The Labute approximate surface area is 116 Å². The molecule has 2 nitrogen and oxygen atoms in total. The van der Waals surface area contributed by atoms with Gasteiger partial charge in [0, 0.05) is 6.54 Å². The van der Waals surface area contributed by atoms with Gasteiger partial charge in [-0.3, -0.25) is 0 Å². The highest BCUT2D eigenvalue weighted by molar-refractivity contribution is 5.75. The summed E-state index contributed by atoms with van der Waals surface area (Å²) in [4.78, 5) is 4.40. The Hall–Kier alpha value is -1.31. The zero-order valence-corrected chi connectivity index (χ0v) is 12.5. The molecule has 0 saturated heterocycles. The maximum absolute atomic E-state index is 4.40. The van der Waals surface area contributed by atoms with Crippen LogP contribution in [0.3, 0.4) is 0 Å². The molecule has 1 aliphatic rings. The Balaban J connectivity index is 0.000000232. The van der Waals surface area contributed by atoms with Crippen LogP contribution < -0.4 is 0 Å². The van der Waals surface area contributed by atoms with Crippen LogP contribution in [0.5, 0.6) is 0 Å². The van der Waals surface area contributed by atoms with Crippen LogP contribution in [0.4, 0.5) is 0 Å². The second kappa shape index (κ2) is 6.74. The fourth-order valence-corrected chi connectivity index (χ4v) is 2.24. The largest absolute Gasteiger partial charge is 0.330 e. The summed E-state index contributed by atoms with van der Waals surface area (Å²) in [7, 11) is 0. The van der Waals surface area contributed by atoms with Crippen LogP contribution in [0.2, 0.25) is 0 Å². The number of rotatable bonds is 4. The van der Waals surface area contributed by atoms with Crippen molar-refractivity contribution in [2.45, 2.75) is 59.4 Å². The molecule has 0 N–H and O–H groups in total. The summed E-state index contributed by atoms with van der Waals surface area (Å²) >= 11 is 0. The molecule has 0 bridgehead atoms. The predicted molar refractivity (Wildman–Crippen MR) is 82.4 cm³/mol. The van der Waals surface area contributed by atoms with Crippen LogP contribution in [0.25, 0.3) is 11.0 Å². The number of imidazole rings is 1. The van der Waals surface area contributed by atoms with Gasteiger partial charge in [0.15, 0.2) is 0 Å². The van der Waals surface area contributed by atoms with Gasteiger partial charge in [0.25, 0.3) is 0 Å². The molecule has 0 aliphatic heterocycles. The minimum atomic E-state index is 0.910. The SMILES string of the molecule is CCCCC.Cc1ccc2ncn(CC3CC3)c2c1. The van der Waals surface area contributed by atoms with Crippen molar-refractivity contribution in [1.29, 1.82) is 0 Å². The zero-order chi connectivity index (χ0) is 13.7. The molecule has 1 fully saturated rings. The maximum Gasteiger partial charge on any atom is 0.0958 e. The van der Waals surface area contributed by atoms with Gasteiger partial charge in [0.05, 0.1) is 17.4 Å². The van der Waals surface area contributed by atoms with E-state index in [1.54, 1.807) is 0 Å². The van der Waals surface area contributed by atoms with Gasteiger partial charge in [-0.25, -0.2) is 4.98 Å². The highest BCUT2D eigenvalue weighted by Crippen LogP contribution is 2.31. The molecular formula is C17H26N2. The molecule has 1 heterocycles. The highest BCUT2D eigenvalue weighted by atomic mass is 15.0. The Kier molecular flexibility index (Phi) is 5.00. The Morgan fingerprint density at radius 2 is 1.95 bits per heavy atom. The van der Waals surface area contributed by atoms with E-state index >= 15 is 0 Å². The lowest BCUT2D eigenvalue weighted by Crippen LogP contribution is -1.97. The topological polar surface area (TPSA) is 17.8 Å². The summed E-state index contributed by atoms with van der Waals surface area (Å²) < 4.78 is 2.29. The quantitative estimate of drug-likeness (QED) is 0.758. The molecule has 19 heavy (non-hydrogen) atoms. The van der Waals surface area contributed by atoms with E-state index in [1.807, 2.05) is 6.33 Å². The highest BCUT2D eigenvalue weighted by Gasteiger charge is 2.22. The summed E-state index contributed by atoms with van der Waals surface area (Å²) in [5.74, 6) is 0.910. The van der Waals surface area contributed by atoms with Crippen LogP contribution >= 0.6 is 0 Å². The Morgan fingerprint density at radius 1 is 1.21 bits per heavy atom. The van der Waals surface area contributed by atoms with Crippen molar-refractivity contribution < 1.29 is 0 Å². The molecule has 1 aromatic carbocycles. The van der Waals surface area contributed by atoms with Crippen molar-refractivity contribution in [1.82, 2.24) is 9.55 Å². The fourth-order valence-electron chi connectivity index (χ4n) is 2.24. The summed E-state index contributed by atoms with van der Waals surface area (Å²) in [5, 5.41) is 0. The van der Waals surface area contributed by atoms with Crippen molar-refractivity contribution in [3.05, 3.63) is 30.1 Å². The van der Waals surface area contributed by atoms with Gasteiger partial charge in [0.1, 0.15) is 0 Å². The van der Waals surface area contributed by atoms with Gasteiger partial charge >= 0.3 is 0 Å². The molecule has 2 aromatic rings. The third-order valence-corrected chi connectivity index (χ3v) is 3.64. The first kappa shape index (κ1) is 14.1. The molecule has 1 aliphatic carbocycles. The number of benzene rings is 1. The predicted octanol–water partition coefficient (Wildman–Crippen LogP) is 4.95. The van der Waals surface area contributed by atoms with E-state index < -0.39 is 0 Å². The minimum Gasteiger partial charge on any atom is -0.330 e. The lowest BCUT2D eigenvalue weighted by atomic mass is 10.2. The van der Waals surface area contributed by atoms with E-state index in [0.717, 1.165) is 18.0 Å². The van der Waals surface area contributed by atoms with Gasteiger partial charge in [-0.05, 0) is 43.4 Å². The molecule has 2 heteroatoms. The Bertz CT molecular complexity index is 507. The first-order valence-corrected chi connectivity index (χ1v) is 7.66. The summed E-state index contributed by atoms with van der Waals surface area (Å²) in [6.45, 7) is 7.71. The lowest BCUT2D eigenvalue weighted by molar-refractivity contribution is 0.642. The first-order chi connectivity index (χ1) is 9.24. The van der Waals surface area contributed by atoms with E-state index in [9.17, 15) is 0 Å². The van der Waals surface area contributed by atoms with Crippen LogP contribution in [-0.4, -0.2) is 9.55 Å². The third-order valence-electron chi connectivity index (χ3n) is 3.64. The third kappa shape index (κ3) is 4.09. The van der Waals surface area contributed by atoms with Crippen molar-refractivity contribution in [2.24, 2.45) is 5.92 Å². The molecular weight excluding hydrogens is 232 g/mol. The van der Waals surface area contributed by atoms with Crippen LogP contribution in [0.15, 0.2) is 24.5 Å². The zero-order valence-electron chi connectivity index (χ0n) is 12.5. The van der Waals surface area contributed by atoms with Gasteiger partial charge < -0.3 is 4.57 Å². The van der Waals surface area contributed by atoms with E-state index in [2.05, 4.69) is 48.5 Å². The molecule has 0 atom stereocenters. The fraction of sp³-hybridized carbons (Fsp3) is 0.588. The lowest BCUT2D eigenvalue weighted by Gasteiger charge is -2.02. The molecule has 0 spiro atoms. The van der Waals surface area contributed by atoms with Crippen LogP contribution in [-0.2, 0) is 6.54 Å². The van der Waals surface area contributed by atoms with Crippen molar-refractivity contribution in [3.63, 3.8) is 0 Å². The normalized spacial score (nSPS) is 14.3. The van der Waals surface area contributed by atoms with E-state index in [-0.39, 0.29) is 0 Å². The number of unbranched alkanes of at least 4 members (excludes halogenated alkanes) is 2. The number of nitrogens with zero attached hydrogens (tertiary/aromatic N) is 2. The smallest absolute Gasteiger partial charge is 0.0958 e. The number of hydrogen-bond acceptors (Lipinski definition) is 1. The number of fused-ring (bicyclic) bond motifs is 1. The molecule has 1 saturated carbocycles. The molecule has 3 rings (SSSR count). The van der Waals surface area contributed by atoms with E-state index in [0.29, 0.717) is 0 Å². The second-order valence-corrected chi connectivity index (χ2v) is 5.69. The number of aromatic nitrogens is 2. The maximum atomic E-state index is 4.40. The van der Waals surface area contributed by atoms with Crippen molar-refractivity contribution in [2.75, 3.05) is 0 Å². The molecule has 0 unspecified atom stereocenters. The monoisotopic (exact) mass is 258 g/mol. The second-order valence-electron chi connectivity index (χ2n) is 5.69. The number of aryl methyl sites for hydroxylation is 1. The summed E-state index contributed by atoms with van der Waals surface area (Å²) in [6.07, 6.45) is 8.84. The first-order valence-electron chi connectivity index (χ1n) is 7.66. The van der Waals surface area contributed by atoms with Crippen molar-refractivity contribution in [3.8, 4) is 0 Å². The van der Waals surface area contributed by atoms with E-state index in [4.69, 9.17) is 0 Å². The average Bonchev–Trinajstić information content (AvgIpc) is 3.13. The van der Waals surface area contributed by atoms with Gasteiger partial charge in [-0.2, -0.15) is 0 Å². The molecule has 0 amide bonds. The van der Waals surface area contributed by atoms with Crippen LogP contribution in [0, 0.1) is 12.8 Å². The Morgan fingerprint density at radius 3 is 2.53 bits per heavy atom. The molecule has 0 radical (unpaired) electrons. The van der Waals surface area contributed by atoms with Gasteiger partial charge in [0.2, 0.25) is 0 Å². The number of hydrogen-bond donors (Lipinski definition) is 0. The minimum absolute atomic E-state index is 0.910. The van der Waals surface area contributed by atoms with Crippen molar-refractivity contribution >= 4 is 11.0 Å². The van der Waals surface area contributed by atoms with E-state index in [1.165, 1.54) is 43.2 Å². The van der Waals surface area contributed by atoms with Gasteiger partial charge in [-0.1, -0.05) is 39.2 Å². The average molecular weight is 258 g/mol. The standard InChI is InChI=1S/C12H14N2.C5H12/c1-9-2-5-11-12(6-9)14(8-13-11)7-10-3-4-10;1-3-5-4-2/h2,5-6,8,10H,3-4,7H2,1H3;3-5H2,1-2H3. The van der Waals surface area contributed by atoms with Crippen LogP contribution in [0.1, 0.15) is 51.5 Å². The molecule has 1 aromatic heterocycles. The summed E-state index contributed by atoms with van der Waals surface area (Å²) in [6, 6.07) is 6.45. The summed E-state index contributed by atoms with van der Waals surface area (Å²) in [5.41, 5.74) is 3.73.